The standard InChI is InChI=1S/C17H25NO/c1-4-13(3)12-19-15-10-9-14-7-6-8-17(18-5-2)16(14)11-15/h9-11,17-18H,3-8,12H2,1-2H3. The Balaban J connectivity index is 2.11. The van der Waals surface area contributed by atoms with Crippen molar-refractivity contribution in [3.05, 3.63) is 41.5 Å². The van der Waals surface area contributed by atoms with Gasteiger partial charge in [0.15, 0.2) is 0 Å². The number of aryl methyl sites for hydroxylation is 1. The highest BCUT2D eigenvalue weighted by Crippen LogP contribution is 2.32. The molecule has 19 heavy (non-hydrogen) atoms. The molecule has 1 aliphatic carbocycles. The van der Waals surface area contributed by atoms with Gasteiger partial charge in [-0.3, -0.25) is 0 Å². The van der Waals surface area contributed by atoms with Crippen molar-refractivity contribution in [2.24, 2.45) is 0 Å². The van der Waals surface area contributed by atoms with Gasteiger partial charge < -0.3 is 10.1 Å². The zero-order chi connectivity index (χ0) is 13.7. The molecule has 0 aliphatic heterocycles. The lowest BCUT2D eigenvalue weighted by Gasteiger charge is -2.26. The highest BCUT2D eigenvalue weighted by atomic mass is 16.5. The Morgan fingerprint density at radius 3 is 3.00 bits per heavy atom. The van der Waals surface area contributed by atoms with Crippen LogP contribution < -0.4 is 10.1 Å². The lowest BCUT2D eigenvalue weighted by atomic mass is 9.87. The monoisotopic (exact) mass is 259 g/mol. The molecule has 0 spiro atoms. The quantitative estimate of drug-likeness (QED) is 0.779. The topological polar surface area (TPSA) is 21.3 Å². The van der Waals surface area contributed by atoms with Crippen molar-refractivity contribution in [2.45, 2.75) is 45.6 Å². The molecule has 0 radical (unpaired) electrons. The molecule has 0 bridgehead atoms. The molecule has 0 heterocycles. The maximum absolute atomic E-state index is 5.82. The molecule has 0 saturated carbocycles. The summed E-state index contributed by atoms with van der Waals surface area (Å²) in [4.78, 5) is 0. The Hall–Kier alpha value is -1.28. The Labute approximate surface area is 116 Å². The molecule has 0 amide bonds. The van der Waals surface area contributed by atoms with Gasteiger partial charge in [-0.25, -0.2) is 0 Å². The molecule has 1 aliphatic rings. The fourth-order valence-electron chi connectivity index (χ4n) is 2.61. The number of fused-ring (bicyclic) bond motifs is 1. The normalized spacial score (nSPS) is 17.9. The summed E-state index contributed by atoms with van der Waals surface area (Å²) in [7, 11) is 0. The summed E-state index contributed by atoms with van der Waals surface area (Å²) in [6.45, 7) is 9.90. The van der Waals surface area contributed by atoms with Gasteiger partial charge in [-0.1, -0.05) is 26.5 Å². The van der Waals surface area contributed by atoms with E-state index in [4.69, 9.17) is 4.74 Å². The van der Waals surface area contributed by atoms with Gasteiger partial charge in [-0.05, 0) is 61.1 Å². The maximum atomic E-state index is 5.82. The molecular formula is C17H25NO. The van der Waals surface area contributed by atoms with Crippen molar-refractivity contribution < 1.29 is 4.74 Å². The summed E-state index contributed by atoms with van der Waals surface area (Å²) in [6.07, 6.45) is 4.67. The summed E-state index contributed by atoms with van der Waals surface area (Å²) in [6, 6.07) is 7.02. The van der Waals surface area contributed by atoms with Crippen molar-refractivity contribution in [1.82, 2.24) is 5.32 Å². The first-order chi connectivity index (χ1) is 9.24. The van der Waals surface area contributed by atoms with Crippen LogP contribution in [0.5, 0.6) is 5.75 Å². The van der Waals surface area contributed by atoms with Crippen molar-refractivity contribution >= 4 is 0 Å². The van der Waals surface area contributed by atoms with Gasteiger partial charge in [-0.15, -0.1) is 0 Å². The third kappa shape index (κ3) is 3.60. The average Bonchev–Trinajstić information content (AvgIpc) is 2.45. The van der Waals surface area contributed by atoms with E-state index in [9.17, 15) is 0 Å². The Bertz CT molecular complexity index is 439. The van der Waals surface area contributed by atoms with Crippen LogP contribution in [0.3, 0.4) is 0 Å². The van der Waals surface area contributed by atoms with Gasteiger partial charge in [0.1, 0.15) is 12.4 Å². The van der Waals surface area contributed by atoms with Crippen molar-refractivity contribution in [1.29, 1.82) is 0 Å². The molecule has 0 saturated heterocycles. The largest absolute Gasteiger partial charge is 0.489 e. The second kappa shape index (κ2) is 6.76. The Morgan fingerprint density at radius 2 is 2.26 bits per heavy atom. The first-order valence-corrected chi connectivity index (χ1v) is 7.40. The minimum absolute atomic E-state index is 0.492. The lowest BCUT2D eigenvalue weighted by Crippen LogP contribution is -2.24. The number of ether oxygens (including phenoxy) is 1. The second-order valence-electron chi connectivity index (χ2n) is 5.26. The molecule has 2 heteroatoms. The van der Waals surface area contributed by atoms with Crippen LogP contribution in [-0.2, 0) is 6.42 Å². The third-order valence-corrected chi connectivity index (χ3v) is 3.83. The summed E-state index contributed by atoms with van der Waals surface area (Å²) < 4.78 is 5.82. The van der Waals surface area contributed by atoms with E-state index in [1.165, 1.54) is 30.4 Å². The van der Waals surface area contributed by atoms with Crippen LogP contribution in [0.25, 0.3) is 0 Å². The average molecular weight is 259 g/mol. The Kier molecular flexibility index (Phi) is 5.03. The van der Waals surface area contributed by atoms with E-state index in [1.807, 2.05) is 0 Å². The smallest absolute Gasteiger partial charge is 0.120 e. The van der Waals surface area contributed by atoms with Gasteiger partial charge in [-0.2, -0.15) is 0 Å². The summed E-state index contributed by atoms with van der Waals surface area (Å²) in [5, 5.41) is 3.57. The zero-order valence-electron chi connectivity index (χ0n) is 12.2. The van der Waals surface area contributed by atoms with E-state index in [-0.39, 0.29) is 0 Å². The highest BCUT2D eigenvalue weighted by Gasteiger charge is 2.19. The number of hydrogen-bond donors (Lipinski definition) is 1. The van der Waals surface area contributed by atoms with Gasteiger partial charge in [0, 0.05) is 6.04 Å². The first-order valence-electron chi connectivity index (χ1n) is 7.40. The van der Waals surface area contributed by atoms with E-state index < -0.39 is 0 Å². The summed E-state index contributed by atoms with van der Waals surface area (Å²) in [5.41, 5.74) is 4.03. The SMILES string of the molecule is C=C(CC)COc1ccc2c(c1)C(NCC)CCC2. The third-order valence-electron chi connectivity index (χ3n) is 3.83. The zero-order valence-corrected chi connectivity index (χ0v) is 12.2. The maximum Gasteiger partial charge on any atom is 0.120 e. The van der Waals surface area contributed by atoms with Gasteiger partial charge in [0.25, 0.3) is 0 Å². The summed E-state index contributed by atoms with van der Waals surface area (Å²) >= 11 is 0. The molecule has 2 rings (SSSR count). The first kappa shape index (κ1) is 14.1. The van der Waals surface area contributed by atoms with E-state index in [1.54, 1.807) is 0 Å². The highest BCUT2D eigenvalue weighted by molar-refractivity contribution is 5.39. The van der Waals surface area contributed by atoms with Crippen molar-refractivity contribution in [2.75, 3.05) is 13.2 Å². The van der Waals surface area contributed by atoms with Crippen LogP contribution in [0.1, 0.15) is 50.3 Å². The number of nitrogens with one attached hydrogen (secondary N) is 1. The molecule has 2 nitrogen and oxygen atoms in total. The lowest BCUT2D eigenvalue weighted by molar-refractivity contribution is 0.347. The fraction of sp³-hybridized carbons (Fsp3) is 0.529. The molecule has 1 aromatic rings. The minimum atomic E-state index is 0.492. The van der Waals surface area contributed by atoms with E-state index >= 15 is 0 Å². The van der Waals surface area contributed by atoms with Crippen molar-refractivity contribution in [3.8, 4) is 5.75 Å². The molecule has 0 aromatic heterocycles. The van der Waals surface area contributed by atoms with Crippen LogP contribution in [-0.4, -0.2) is 13.2 Å². The minimum Gasteiger partial charge on any atom is -0.489 e. The molecule has 1 aromatic carbocycles. The van der Waals surface area contributed by atoms with Crippen LogP contribution in [0.15, 0.2) is 30.4 Å². The van der Waals surface area contributed by atoms with Gasteiger partial charge in [0.05, 0.1) is 0 Å². The molecule has 1 N–H and O–H groups in total. The summed E-state index contributed by atoms with van der Waals surface area (Å²) in [5.74, 6) is 0.971. The molecule has 104 valence electrons. The van der Waals surface area contributed by atoms with Gasteiger partial charge in [0.2, 0.25) is 0 Å². The van der Waals surface area contributed by atoms with Crippen molar-refractivity contribution in [3.63, 3.8) is 0 Å². The van der Waals surface area contributed by atoms with Crippen LogP contribution in [0.2, 0.25) is 0 Å². The molecular weight excluding hydrogens is 234 g/mol. The number of hydrogen-bond acceptors (Lipinski definition) is 2. The molecule has 0 fully saturated rings. The predicted molar refractivity (Wildman–Crippen MR) is 80.7 cm³/mol. The van der Waals surface area contributed by atoms with E-state index in [0.717, 1.165) is 24.3 Å². The van der Waals surface area contributed by atoms with Crippen LogP contribution in [0, 0.1) is 0 Å². The van der Waals surface area contributed by atoms with Gasteiger partial charge >= 0.3 is 0 Å². The number of benzene rings is 1. The van der Waals surface area contributed by atoms with E-state index in [0.29, 0.717) is 12.6 Å². The van der Waals surface area contributed by atoms with Crippen LogP contribution >= 0.6 is 0 Å². The number of rotatable bonds is 6. The molecule has 1 unspecified atom stereocenters. The predicted octanol–water partition coefficient (Wildman–Crippen LogP) is 4.02. The van der Waals surface area contributed by atoms with E-state index in [2.05, 4.69) is 43.9 Å². The fourth-order valence-corrected chi connectivity index (χ4v) is 2.61. The second-order valence-corrected chi connectivity index (χ2v) is 5.26. The van der Waals surface area contributed by atoms with Crippen LogP contribution in [0.4, 0.5) is 0 Å². The molecule has 1 atom stereocenters. The Morgan fingerprint density at radius 1 is 1.42 bits per heavy atom.